The summed E-state index contributed by atoms with van der Waals surface area (Å²) >= 11 is 5.42. The first-order valence-corrected chi connectivity index (χ1v) is 3.55. The summed E-state index contributed by atoms with van der Waals surface area (Å²) in [4.78, 5) is 18.6. The quantitative estimate of drug-likeness (QED) is 0.615. The zero-order valence-corrected chi connectivity index (χ0v) is 6.58. The topological polar surface area (TPSA) is 56.0 Å². The summed E-state index contributed by atoms with van der Waals surface area (Å²) in [5.74, 6) is 0. The minimum absolute atomic E-state index is 0.166. The van der Waals surface area contributed by atoms with E-state index in [9.17, 15) is 4.79 Å². The van der Waals surface area contributed by atoms with Crippen molar-refractivity contribution in [3.8, 4) is 0 Å². The van der Waals surface area contributed by atoms with Crippen LogP contribution in [0.1, 0.15) is 0 Å². The van der Waals surface area contributed by atoms with Crippen LogP contribution in [0.2, 0.25) is 5.35 Å². The molecule has 5 heteroatoms. The molecule has 2 rings (SSSR count). The highest BCUT2D eigenvalue weighted by atomic mass is 35.5. The summed E-state index contributed by atoms with van der Waals surface area (Å²) in [5.41, 5.74) is -0.0499. The molecule has 0 radical (unpaired) electrons. The first-order chi connectivity index (χ1) is 5.77. The monoisotopic (exact) mass is 182 g/mol. The van der Waals surface area contributed by atoms with Crippen LogP contribution < -0.4 is 5.63 Å². The van der Waals surface area contributed by atoms with Gasteiger partial charge < -0.3 is 4.42 Å². The van der Waals surface area contributed by atoms with E-state index in [1.54, 1.807) is 0 Å². The molecule has 0 saturated carbocycles. The van der Waals surface area contributed by atoms with Crippen molar-refractivity contribution in [2.75, 3.05) is 0 Å². The maximum Gasteiger partial charge on any atom is 0.347 e. The van der Waals surface area contributed by atoms with Crippen molar-refractivity contribution in [2.24, 2.45) is 0 Å². The highest BCUT2D eigenvalue weighted by Crippen LogP contribution is 2.08. The molecule has 0 atom stereocenters. The molecule has 0 bridgehead atoms. The molecule has 4 nitrogen and oxygen atoms in total. The third-order valence-electron chi connectivity index (χ3n) is 1.41. The standard InChI is InChI=1S/C7H3ClN2O2/c8-7-10-5-3-9-2-1-4(5)6(11)12-7/h1-3H. The van der Waals surface area contributed by atoms with Crippen molar-refractivity contribution in [3.63, 3.8) is 0 Å². The number of aromatic nitrogens is 2. The van der Waals surface area contributed by atoms with Gasteiger partial charge in [-0.1, -0.05) is 0 Å². The van der Waals surface area contributed by atoms with E-state index in [1.807, 2.05) is 0 Å². The Bertz CT molecular complexity index is 480. The summed E-state index contributed by atoms with van der Waals surface area (Å²) in [5, 5.41) is 0.218. The maximum atomic E-state index is 11.1. The van der Waals surface area contributed by atoms with Crippen LogP contribution in [-0.2, 0) is 0 Å². The largest absolute Gasteiger partial charge is 0.393 e. The molecule has 0 aliphatic heterocycles. The summed E-state index contributed by atoms with van der Waals surface area (Å²) in [7, 11) is 0. The predicted molar refractivity (Wildman–Crippen MR) is 43.1 cm³/mol. The average molecular weight is 183 g/mol. The number of hydrogen-bond acceptors (Lipinski definition) is 4. The van der Waals surface area contributed by atoms with Crippen molar-refractivity contribution in [1.82, 2.24) is 9.97 Å². The lowest BCUT2D eigenvalue weighted by molar-refractivity contribution is 0.503. The molecule has 0 amide bonds. The summed E-state index contributed by atoms with van der Waals surface area (Å²) in [6, 6.07) is 1.53. The molecular formula is C7H3ClN2O2. The Hall–Kier alpha value is -1.42. The van der Waals surface area contributed by atoms with Crippen LogP contribution in [0.4, 0.5) is 0 Å². The van der Waals surface area contributed by atoms with E-state index in [4.69, 9.17) is 11.6 Å². The van der Waals surface area contributed by atoms with Crippen LogP contribution in [0, 0.1) is 0 Å². The van der Waals surface area contributed by atoms with Crippen LogP contribution in [0.3, 0.4) is 0 Å². The van der Waals surface area contributed by atoms with E-state index in [0.717, 1.165) is 0 Å². The third kappa shape index (κ3) is 1.06. The van der Waals surface area contributed by atoms with Crippen LogP contribution in [0.5, 0.6) is 0 Å². The fraction of sp³-hybridized carbons (Fsp3) is 0. The molecule has 0 unspecified atom stereocenters. The number of hydrogen-bond donors (Lipinski definition) is 0. The lowest BCUT2D eigenvalue weighted by Crippen LogP contribution is -2.00. The molecule has 2 aromatic rings. The first kappa shape index (κ1) is 7.24. The number of rotatable bonds is 0. The lowest BCUT2D eigenvalue weighted by atomic mass is 10.3. The second-order valence-electron chi connectivity index (χ2n) is 2.15. The Balaban J connectivity index is 2.99. The SMILES string of the molecule is O=c1oc(Cl)nc2cnccc12. The molecule has 0 aliphatic rings. The van der Waals surface area contributed by atoms with E-state index in [0.29, 0.717) is 10.9 Å². The van der Waals surface area contributed by atoms with Gasteiger partial charge in [-0.3, -0.25) is 4.98 Å². The molecule has 0 saturated heterocycles. The van der Waals surface area contributed by atoms with E-state index in [2.05, 4.69) is 14.4 Å². The molecule has 0 fully saturated rings. The number of pyridine rings is 1. The number of halogens is 1. The van der Waals surface area contributed by atoms with E-state index in [1.165, 1.54) is 18.5 Å². The lowest BCUT2D eigenvalue weighted by Gasteiger charge is -1.92. The van der Waals surface area contributed by atoms with E-state index < -0.39 is 5.63 Å². The van der Waals surface area contributed by atoms with Gasteiger partial charge in [0.25, 0.3) is 5.35 Å². The second-order valence-corrected chi connectivity index (χ2v) is 2.47. The van der Waals surface area contributed by atoms with Crippen LogP contribution in [0.15, 0.2) is 27.7 Å². The Morgan fingerprint density at radius 1 is 1.50 bits per heavy atom. The van der Waals surface area contributed by atoms with Crippen LogP contribution in [0.25, 0.3) is 10.9 Å². The zero-order chi connectivity index (χ0) is 8.55. The normalized spacial score (nSPS) is 10.4. The Morgan fingerprint density at radius 3 is 3.17 bits per heavy atom. The van der Waals surface area contributed by atoms with Crippen LogP contribution in [-0.4, -0.2) is 9.97 Å². The predicted octanol–water partition coefficient (Wildman–Crippen LogP) is 1.24. The molecule has 0 spiro atoms. The van der Waals surface area contributed by atoms with Crippen molar-refractivity contribution < 1.29 is 4.42 Å². The van der Waals surface area contributed by atoms with E-state index >= 15 is 0 Å². The third-order valence-corrected chi connectivity index (χ3v) is 1.57. The maximum absolute atomic E-state index is 11.1. The fourth-order valence-corrected chi connectivity index (χ4v) is 1.06. The Kier molecular flexibility index (Phi) is 1.55. The summed E-state index contributed by atoms with van der Waals surface area (Å²) < 4.78 is 4.56. The Labute approximate surface area is 71.8 Å². The minimum Gasteiger partial charge on any atom is -0.393 e. The van der Waals surface area contributed by atoms with Crippen LogP contribution >= 0.6 is 11.6 Å². The molecule has 2 aromatic heterocycles. The zero-order valence-electron chi connectivity index (χ0n) is 5.82. The second kappa shape index (κ2) is 2.57. The van der Waals surface area contributed by atoms with Gasteiger partial charge in [0.2, 0.25) is 0 Å². The fourth-order valence-electron chi connectivity index (χ4n) is 0.897. The van der Waals surface area contributed by atoms with Crippen molar-refractivity contribution in [3.05, 3.63) is 34.2 Å². The van der Waals surface area contributed by atoms with Crippen molar-refractivity contribution >= 4 is 22.5 Å². The van der Waals surface area contributed by atoms with Gasteiger partial charge in [-0.25, -0.2) is 9.78 Å². The molecule has 0 aromatic carbocycles. The van der Waals surface area contributed by atoms with Crippen molar-refractivity contribution in [2.45, 2.75) is 0 Å². The summed E-state index contributed by atoms with van der Waals surface area (Å²) in [6.07, 6.45) is 2.95. The molecule has 2 heterocycles. The smallest absolute Gasteiger partial charge is 0.347 e. The highest BCUT2D eigenvalue weighted by molar-refractivity contribution is 6.27. The van der Waals surface area contributed by atoms with Gasteiger partial charge in [-0.05, 0) is 17.7 Å². The van der Waals surface area contributed by atoms with Crippen molar-refractivity contribution in [1.29, 1.82) is 0 Å². The van der Waals surface area contributed by atoms with Gasteiger partial charge in [-0.15, -0.1) is 0 Å². The molecule has 60 valence electrons. The number of nitrogens with zero attached hydrogens (tertiary/aromatic N) is 2. The molecular weight excluding hydrogens is 180 g/mol. The van der Waals surface area contributed by atoms with Gasteiger partial charge in [0.1, 0.15) is 5.52 Å². The highest BCUT2D eigenvalue weighted by Gasteiger charge is 2.02. The van der Waals surface area contributed by atoms with Gasteiger partial charge in [-0.2, -0.15) is 0 Å². The van der Waals surface area contributed by atoms with E-state index in [-0.39, 0.29) is 5.35 Å². The van der Waals surface area contributed by atoms with Gasteiger partial charge in [0, 0.05) is 6.20 Å². The molecule has 12 heavy (non-hydrogen) atoms. The molecule has 0 aliphatic carbocycles. The Morgan fingerprint density at radius 2 is 2.33 bits per heavy atom. The molecule has 0 N–H and O–H groups in total. The number of fused-ring (bicyclic) bond motifs is 1. The van der Waals surface area contributed by atoms with Gasteiger partial charge >= 0.3 is 5.63 Å². The van der Waals surface area contributed by atoms with Gasteiger partial charge in [0.15, 0.2) is 0 Å². The van der Waals surface area contributed by atoms with Gasteiger partial charge in [0.05, 0.1) is 11.6 Å². The average Bonchev–Trinajstić information content (AvgIpc) is 2.04. The summed E-state index contributed by atoms with van der Waals surface area (Å²) in [6.45, 7) is 0. The first-order valence-electron chi connectivity index (χ1n) is 3.18. The minimum atomic E-state index is -0.493.